The monoisotopic (exact) mass is 325 g/mol. The van der Waals surface area contributed by atoms with Crippen molar-refractivity contribution in [2.45, 2.75) is 25.4 Å². The van der Waals surface area contributed by atoms with Gasteiger partial charge in [-0.05, 0) is 61.6 Å². The van der Waals surface area contributed by atoms with Gasteiger partial charge in [0.05, 0.1) is 12.7 Å². The number of nitrogens with zero attached hydrogens (tertiary/aromatic N) is 1. The molecule has 0 amide bonds. The van der Waals surface area contributed by atoms with E-state index in [9.17, 15) is 5.11 Å². The molecule has 0 spiro atoms. The Kier molecular flexibility index (Phi) is 4.30. The average Bonchev–Trinajstić information content (AvgIpc) is 3.34. The minimum Gasteiger partial charge on any atom is -0.493 e. The fraction of sp³-hybridized carbons (Fsp3) is 0.400. The zero-order valence-corrected chi connectivity index (χ0v) is 13.7. The van der Waals surface area contributed by atoms with Crippen molar-refractivity contribution < 1.29 is 14.6 Å². The lowest BCUT2D eigenvalue weighted by molar-refractivity contribution is 0.198. The third-order valence-corrected chi connectivity index (χ3v) is 4.59. The highest BCUT2D eigenvalue weighted by Crippen LogP contribution is 2.31. The molecule has 1 aliphatic carbocycles. The molecule has 1 saturated heterocycles. The molecule has 0 aromatic heterocycles. The molecule has 4 nitrogen and oxygen atoms in total. The number of anilines is 1. The van der Waals surface area contributed by atoms with Gasteiger partial charge < -0.3 is 19.5 Å². The van der Waals surface area contributed by atoms with Gasteiger partial charge in [-0.2, -0.15) is 0 Å². The minimum atomic E-state index is -0.209. The first-order valence-corrected chi connectivity index (χ1v) is 8.70. The first kappa shape index (κ1) is 15.3. The number of aliphatic hydroxyl groups is 1. The minimum absolute atomic E-state index is 0.209. The summed E-state index contributed by atoms with van der Waals surface area (Å²) in [4.78, 5) is 2.20. The standard InChI is InChI=1S/C20H23NO3/c22-17-10-11-21(13-17)16-6-8-18(9-7-16)24-20-3-1-2-19(12-20)23-14-15-4-5-15/h1-3,6-9,12,15,17,22H,4-5,10-11,13-14H2. The predicted octanol–water partition coefficient (Wildman–Crippen LogP) is 3.84. The number of benzene rings is 2. The van der Waals surface area contributed by atoms with Gasteiger partial charge in [0.15, 0.2) is 0 Å². The van der Waals surface area contributed by atoms with Crippen molar-refractivity contribution in [2.24, 2.45) is 5.92 Å². The van der Waals surface area contributed by atoms with Crippen LogP contribution in [-0.4, -0.2) is 30.9 Å². The van der Waals surface area contributed by atoms with E-state index in [0.29, 0.717) is 6.54 Å². The molecule has 1 saturated carbocycles. The van der Waals surface area contributed by atoms with E-state index in [1.807, 2.05) is 48.5 Å². The van der Waals surface area contributed by atoms with Crippen LogP contribution in [0.3, 0.4) is 0 Å². The van der Waals surface area contributed by atoms with Crippen LogP contribution in [0, 0.1) is 5.92 Å². The van der Waals surface area contributed by atoms with Gasteiger partial charge in [0.1, 0.15) is 17.2 Å². The second-order valence-electron chi connectivity index (χ2n) is 6.71. The zero-order chi connectivity index (χ0) is 16.4. The molecule has 1 heterocycles. The fourth-order valence-electron chi connectivity index (χ4n) is 2.96. The highest BCUT2D eigenvalue weighted by Gasteiger charge is 2.22. The summed E-state index contributed by atoms with van der Waals surface area (Å²) in [6, 6.07) is 15.8. The Balaban J connectivity index is 1.38. The van der Waals surface area contributed by atoms with Crippen LogP contribution >= 0.6 is 0 Å². The van der Waals surface area contributed by atoms with Crippen molar-refractivity contribution in [1.82, 2.24) is 0 Å². The van der Waals surface area contributed by atoms with Gasteiger partial charge >= 0.3 is 0 Å². The van der Waals surface area contributed by atoms with E-state index in [2.05, 4.69) is 4.90 Å². The smallest absolute Gasteiger partial charge is 0.131 e. The molecule has 2 aliphatic rings. The highest BCUT2D eigenvalue weighted by molar-refractivity contribution is 5.50. The molecule has 0 radical (unpaired) electrons. The van der Waals surface area contributed by atoms with E-state index in [4.69, 9.17) is 9.47 Å². The second-order valence-corrected chi connectivity index (χ2v) is 6.71. The number of hydrogen-bond donors (Lipinski definition) is 1. The van der Waals surface area contributed by atoms with Crippen LogP contribution in [0.15, 0.2) is 48.5 Å². The summed E-state index contributed by atoms with van der Waals surface area (Å²) in [5.74, 6) is 3.19. The van der Waals surface area contributed by atoms with Gasteiger partial charge in [-0.25, -0.2) is 0 Å². The molecule has 1 atom stereocenters. The molecule has 2 aromatic rings. The van der Waals surface area contributed by atoms with Crippen LogP contribution < -0.4 is 14.4 Å². The Morgan fingerprint density at radius 1 is 0.958 bits per heavy atom. The van der Waals surface area contributed by atoms with Crippen LogP contribution in [0.1, 0.15) is 19.3 Å². The Hall–Kier alpha value is -2.20. The summed E-state index contributed by atoms with van der Waals surface area (Å²) in [6.07, 6.45) is 3.21. The van der Waals surface area contributed by atoms with E-state index >= 15 is 0 Å². The molecule has 1 aliphatic heterocycles. The molecule has 2 fully saturated rings. The van der Waals surface area contributed by atoms with Crippen LogP contribution in [-0.2, 0) is 0 Å². The van der Waals surface area contributed by atoms with Gasteiger partial charge in [-0.3, -0.25) is 0 Å². The number of ether oxygens (including phenoxy) is 2. The first-order valence-electron chi connectivity index (χ1n) is 8.70. The molecule has 24 heavy (non-hydrogen) atoms. The third-order valence-electron chi connectivity index (χ3n) is 4.59. The van der Waals surface area contributed by atoms with Crippen molar-refractivity contribution in [3.63, 3.8) is 0 Å². The van der Waals surface area contributed by atoms with Gasteiger partial charge in [0.2, 0.25) is 0 Å². The second kappa shape index (κ2) is 6.73. The van der Waals surface area contributed by atoms with E-state index in [0.717, 1.165) is 48.4 Å². The quantitative estimate of drug-likeness (QED) is 0.876. The van der Waals surface area contributed by atoms with Crippen molar-refractivity contribution in [1.29, 1.82) is 0 Å². The molecule has 4 heteroatoms. The molecule has 126 valence electrons. The lowest BCUT2D eigenvalue weighted by atomic mass is 10.2. The van der Waals surface area contributed by atoms with E-state index < -0.39 is 0 Å². The summed E-state index contributed by atoms with van der Waals surface area (Å²) >= 11 is 0. The lowest BCUT2D eigenvalue weighted by Crippen LogP contribution is -2.20. The van der Waals surface area contributed by atoms with Crippen LogP contribution in [0.2, 0.25) is 0 Å². The van der Waals surface area contributed by atoms with Gasteiger partial charge in [-0.15, -0.1) is 0 Å². The highest BCUT2D eigenvalue weighted by atomic mass is 16.5. The number of rotatable bonds is 6. The van der Waals surface area contributed by atoms with Crippen molar-refractivity contribution >= 4 is 5.69 Å². The molecular formula is C20H23NO3. The maximum atomic E-state index is 9.64. The number of β-amino-alcohol motifs (C(OH)–C–C–N with tert-alkyl or cyclic N) is 1. The van der Waals surface area contributed by atoms with E-state index in [1.165, 1.54) is 12.8 Å². The molecule has 1 N–H and O–H groups in total. The summed E-state index contributed by atoms with van der Waals surface area (Å²) in [7, 11) is 0. The van der Waals surface area contributed by atoms with Gasteiger partial charge in [0.25, 0.3) is 0 Å². The Bertz CT molecular complexity index is 682. The molecule has 0 bridgehead atoms. The van der Waals surface area contributed by atoms with Crippen molar-refractivity contribution in [3.05, 3.63) is 48.5 Å². The molecular weight excluding hydrogens is 302 g/mol. The summed E-state index contributed by atoms with van der Waals surface area (Å²) in [5.41, 5.74) is 1.13. The maximum Gasteiger partial charge on any atom is 0.131 e. The van der Waals surface area contributed by atoms with Crippen molar-refractivity contribution in [3.8, 4) is 17.2 Å². The maximum absolute atomic E-state index is 9.64. The van der Waals surface area contributed by atoms with Crippen molar-refractivity contribution in [2.75, 3.05) is 24.6 Å². The Morgan fingerprint density at radius 2 is 1.75 bits per heavy atom. The van der Waals surface area contributed by atoms with Crippen LogP contribution in [0.25, 0.3) is 0 Å². The van der Waals surface area contributed by atoms with Gasteiger partial charge in [-0.1, -0.05) is 6.07 Å². The zero-order valence-electron chi connectivity index (χ0n) is 13.7. The lowest BCUT2D eigenvalue weighted by Gasteiger charge is -2.18. The molecule has 4 rings (SSSR count). The number of aliphatic hydroxyl groups excluding tert-OH is 1. The normalized spacial score (nSPS) is 20.2. The summed E-state index contributed by atoms with van der Waals surface area (Å²) in [6.45, 7) is 2.42. The first-order chi connectivity index (χ1) is 11.8. The van der Waals surface area contributed by atoms with Crippen LogP contribution in [0.4, 0.5) is 5.69 Å². The van der Waals surface area contributed by atoms with E-state index in [1.54, 1.807) is 0 Å². The average molecular weight is 325 g/mol. The summed E-state index contributed by atoms with van der Waals surface area (Å²) in [5, 5.41) is 9.64. The van der Waals surface area contributed by atoms with Gasteiger partial charge in [0, 0.05) is 24.8 Å². The molecule has 1 unspecified atom stereocenters. The largest absolute Gasteiger partial charge is 0.493 e. The summed E-state index contributed by atoms with van der Waals surface area (Å²) < 4.78 is 11.7. The van der Waals surface area contributed by atoms with E-state index in [-0.39, 0.29) is 6.10 Å². The fourth-order valence-corrected chi connectivity index (χ4v) is 2.96. The molecule has 2 aromatic carbocycles. The SMILES string of the molecule is OC1CCN(c2ccc(Oc3cccc(OCC4CC4)c3)cc2)C1. The van der Waals surface area contributed by atoms with Crippen LogP contribution in [0.5, 0.6) is 17.2 Å². The topological polar surface area (TPSA) is 41.9 Å². The number of hydrogen-bond acceptors (Lipinski definition) is 4. The Morgan fingerprint density at radius 3 is 2.46 bits per heavy atom. The third kappa shape index (κ3) is 3.82. The predicted molar refractivity (Wildman–Crippen MR) is 94.0 cm³/mol. The Labute approximate surface area is 142 Å².